The molecule has 0 aliphatic heterocycles. The van der Waals surface area contributed by atoms with Gasteiger partial charge in [0.2, 0.25) is 0 Å². The maximum absolute atomic E-state index is 9.77. The first-order chi connectivity index (χ1) is 7.99. The zero-order valence-electron chi connectivity index (χ0n) is 9.73. The molecule has 17 heavy (non-hydrogen) atoms. The van der Waals surface area contributed by atoms with Crippen molar-refractivity contribution in [3.05, 3.63) is 41.5 Å². The highest BCUT2D eigenvalue weighted by molar-refractivity contribution is 5.75. The van der Waals surface area contributed by atoms with E-state index in [1.165, 1.54) is 6.07 Å². The molecule has 3 heteroatoms. The molecule has 0 heterocycles. The number of phenolic OH excluding ortho intramolecular Hbond substituents is 3. The lowest BCUT2D eigenvalue weighted by molar-refractivity contribution is 0.398. The van der Waals surface area contributed by atoms with Crippen molar-refractivity contribution in [3.63, 3.8) is 0 Å². The largest absolute Gasteiger partial charge is 0.508 e. The van der Waals surface area contributed by atoms with Gasteiger partial charge in [-0.25, -0.2) is 0 Å². The number of aromatic hydroxyl groups is 3. The van der Waals surface area contributed by atoms with Gasteiger partial charge in [-0.1, -0.05) is 18.2 Å². The number of benzene rings is 2. The SMILES string of the molecule is Cc1ccc(-c2cc(O)cc(O)c2O)cc1C. The smallest absolute Gasteiger partial charge is 0.165 e. The molecule has 0 aromatic heterocycles. The van der Waals surface area contributed by atoms with Gasteiger partial charge in [0.25, 0.3) is 0 Å². The zero-order chi connectivity index (χ0) is 12.6. The number of aryl methyl sites for hydroxylation is 2. The molecule has 3 N–H and O–H groups in total. The van der Waals surface area contributed by atoms with Gasteiger partial charge in [-0.05, 0) is 36.6 Å². The molecule has 2 rings (SSSR count). The standard InChI is InChI=1S/C14H14O3/c1-8-3-4-10(5-9(8)2)12-6-11(15)7-13(16)14(12)17/h3-7,15-17H,1-2H3. The Bertz CT molecular complexity index is 574. The van der Waals surface area contributed by atoms with E-state index in [-0.39, 0.29) is 17.2 Å². The van der Waals surface area contributed by atoms with Crippen LogP contribution < -0.4 is 0 Å². The summed E-state index contributed by atoms with van der Waals surface area (Å²) in [5, 5.41) is 28.7. The van der Waals surface area contributed by atoms with Crippen LogP contribution in [0.15, 0.2) is 30.3 Å². The highest BCUT2D eigenvalue weighted by Gasteiger charge is 2.11. The summed E-state index contributed by atoms with van der Waals surface area (Å²) in [5.41, 5.74) is 3.42. The average molecular weight is 230 g/mol. The third kappa shape index (κ3) is 2.04. The molecule has 0 bridgehead atoms. The lowest BCUT2D eigenvalue weighted by Gasteiger charge is -2.09. The number of phenols is 3. The zero-order valence-corrected chi connectivity index (χ0v) is 9.73. The molecule has 2 aromatic rings. The van der Waals surface area contributed by atoms with Gasteiger partial charge in [0.05, 0.1) is 0 Å². The fourth-order valence-electron chi connectivity index (χ4n) is 1.73. The van der Waals surface area contributed by atoms with Crippen molar-refractivity contribution >= 4 is 0 Å². The normalized spacial score (nSPS) is 10.5. The van der Waals surface area contributed by atoms with Gasteiger partial charge in [0, 0.05) is 11.6 Å². The molecule has 0 saturated heterocycles. The van der Waals surface area contributed by atoms with Crippen LogP contribution in [0.1, 0.15) is 11.1 Å². The summed E-state index contributed by atoms with van der Waals surface area (Å²) >= 11 is 0. The highest BCUT2D eigenvalue weighted by Crippen LogP contribution is 2.39. The van der Waals surface area contributed by atoms with E-state index in [4.69, 9.17) is 0 Å². The van der Waals surface area contributed by atoms with Crippen LogP contribution in [0, 0.1) is 13.8 Å². The molecule has 0 fully saturated rings. The summed E-state index contributed by atoms with van der Waals surface area (Å²) in [5.74, 6) is -0.613. The molecule has 3 nitrogen and oxygen atoms in total. The molecule has 0 saturated carbocycles. The predicted molar refractivity (Wildman–Crippen MR) is 66.3 cm³/mol. The number of hydrogen-bond donors (Lipinski definition) is 3. The van der Waals surface area contributed by atoms with Crippen LogP contribution in [-0.2, 0) is 0 Å². The molecular formula is C14H14O3. The molecule has 0 aliphatic carbocycles. The Morgan fingerprint density at radius 1 is 0.824 bits per heavy atom. The minimum Gasteiger partial charge on any atom is -0.508 e. The van der Waals surface area contributed by atoms with Gasteiger partial charge in [0.1, 0.15) is 5.75 Å². The third-order valence-electron chi connectivity index (χ3n) is 2.89. The van der Waals surface area contributed by atoms with Crippen molar-refractivity contribution in [2.45, 2.75) is 13.8 Å². The van der Waals surface area contributed by atoms with Crippen LogP contribution in [-0.4, -0.2) is 15.3 Å². The minimum absolute atomic E-state index is 0.0754. The molecule has 0 amide bonds. The summed E-state index contributed by atoms with van der Waals surface area (Å²) in [6, 6.07) is 8.23. The molecule has 0 aliphatic rings. The van der Waals surface area contributed by atoms with Gasteiger partial charge in [-0.15, -0.1) is 0 Å². The topological polar surface area (TPSA) is 60.7 Å². The Hall–Kier alpha value is -2.16. The summed E-state index contributed by atoms with van der Waals surface area (Å²) < 4.78 is 0. The van der Waals surface area contributed by atoms with E-state index in [1.807, 2.05) is 32.0 Å². The Morgan fingerprint density at radius 3 is 2.18 bits per heavy atom. The van der Waals surface area contributed by atoms with E-state index < -0.39 is 0 Å². The van der Waals surface area contributed by atoms with Crippen LogP contribution in [0.4, 0.5) is 0 Å². The molecular weight excluding hydrogens is 216 g/mol. The van der Waals surface area contributed by atoms with Gasteiger partial charge in [-0.3, -0.25) is 0 Å². The van der Waals surface area contributed by atoms with Crippen molar-refractivity contribution < 1.29 is 15.3 Å². The quantitative estimate of drug-likeness (QED) is 0.521. The number of hydrogen-bond acceptors (Lipinski definition) is 3. The van der Waals surface area contributed by atoms with Crippen molar-refractivity contribution in [1.29, 1.82) is 0 Å². The molecule has 0 spiro atoms. The van der Waals surface area contributed by atoms with Crippen LogP contribution in [0.25, 0.3) is 11.1 Å². The molecule has 0 radical (unpaired) electrons. The Morgan fingerprint density at radius 2 is 1.53 bits per heavy atom. The lowest BCUT2D eigenvalue weighted by Crippen LogP contribution is -1.85. The van der Waals surface area contributed by atoms with Crippen LogP contribution >= 0.6 is 0 Å². The van der Waals surface area contributed by atoms with Gasteiger partial charge in [0.15, 0.2) is 11.5 Å². The van der Waals surface area contributed by atoms with Crippen LogP contribution in [0.2, 0.25) is 0 Å². The molecule has 0 unspecified atom stereocenters. The first kappa shape index (κ1) is 11.3. The van der Waals surface area contributed by atoms with E-state index >= 15 is 0 Å². The van der Waals surface area contributed by atoms with Crippen molar-refractivity contribution in [2.24, 2.45) is 0 Å². The molecule has 88 valence electrons. The van der Waals surface area contributed by atoms with Gasteiger partial charge in [-0.2, -0.15) is 0 Å². The fraction of sp³-hybridized carbons (Fsp3) is 0.143. The van der Waals surface area contributed by atoms with Crippen LogP contribution in [0.3, 0.4) is 0 Å². The second-order valence-electron chi connectivity index (χ2n) is 4.16. The van der Waals surface area contributed by atoms with E-state index in [0.717, 1.165) is 22.8 Å². The Balaban J connectivity index is 2.64. The fourth-order valence-corrected chi connectivity index (χ4v) is 1.73. The Kier molecular flexibility index (Phi) is 2.68. The summed E-state index contributed by atoms with van der Waals surface area (Å²) in [4.78, 5) is 0. The van der Waals surface area contributed by atoms with Gasteiger partial charge >= 0.3 is 0 Å². The Labute approximate surface area is 99.6 Å². The monoisotopic (exact) mass is 230 g/mol. The predicted octanol–water partition coefficient (Wildman–Crippen LogP) is 3.09. The molecule has 2 aromatic carbocycles. The van der Waals surface area contributed by atoms with Gasteiger partial charge < -0.3 is 15.3 Å². The van der Waals surface area contributed by atoms with Crippen LogP contribution in [0.5, 0.6) is 17.2 Å². The van der Waals surface area contributed by atoms with E-state index in [2.05, 4.69) is 0 Å². The second kappa shape index (κ2) is 4.01. The number of rotatable bonds is 1. The minimum atomic E-state index is -0.321. The van der Waals surface area contributed by atoms with Crippen molar-refractivity contribution in [2.75, 3.05) is 0 Å². The summed E-state index contributed by atoms with van der Waals surface area (Å²) in [6.07, 6.45) is 0. The highest BCUT2D eigenvalue weighted by atomic mass is 16.3. The maximum Gasteiger partial charge on any atom is 0.165 e. The first-order valence-corrected chi connectivity index (χ1v) is 5.31. The first-order valence-electron chi connectivity index (χ1n) is 5.31. The van der Waals surface area contributed by atoms with Crippen molar-refractivity contribution in [1.82, 2.24) is 0 Å². The third-order valence-corrected chi connectivity index (χ3v) is 2.89. The second-order valence-corrected chi connectivity index (χ2v) is 4.16. The average Bonchev–Trinajstić information content (AvgIpc) is 2.27. The maximum atomic E-state index is 9.77. The molecule has 0 atom stereocenters. The van der Waals surface area contributed by atoms with E-state index in [1.54, 1.807) is 0 Å². The van der Waals surface area contributed by atoms with E-state index in [9.17, 15) is 15.3 Å². The lowest BCUT2D eigenvalue weighted by atomic mass is 9.99. The van der Waals surface area contributed by atoms with E-state index in [0.29, 0.717) is 5.56 Å². The van der Waals surface area contributed by atoms with Crippen molar-refractivity contribution in [3.8, 4) is 28.4 Å². The summed E-state index contributed by atoms with van der Waals surface area (Å²) in [6.45, 7) is 3.97. The summed E-state index contributed by atoms with van der Waals surface area (Å²) in [7, 11) is 0.